The molecule has 0 saturated carbocycles. The minimum Gasteiger partial charge on any atom is -0.460 e. The number of ether oxygens (including phenoxy) is 1. The Kier molecular flexibility index (Phi) is 3.91. The first-order valence-electron chi connectivity index (χ1n) is 4.67. The number of nitrogens with one attached hydrogen (secondary N) is 1. The molecule has 15 heavy (non-hydrogen) atoms. The molecule has 1 aromatic rings. The lowest BCUT2D eigenvalue weighted by molar-refractivity contribution is 0.152. The second kappa shape index (κ2) is 5.19. The summed E-state index contributed by atoms with van der Waals surface area (Å²) in [6.45, 7) is 5.63. The zero-order valence-electron chi connectivity index (χ0n) is 9.03. The summed E-state index contributed by atoms with van der Waals surface area (Å²) in [5.41, 5.74) is 2.85. The van der Waals surface area contributed by atoms with Crippen LogP contribution in [0.25, 0.3) is 0 Å². The minimum atomic E-state index is -0.569. The van der Waals surface area contributed by atoms with Gasteiger partial charge in [-0.2, -0.15) is 5.10 Å². The molecule has 82 valence electrons. The highest BCUT2D eigenvalue weighted by Crippen LogP contribution is 2.06. The van der Waals surface area contributed by atoms with Gasteiger partial charge in [-0.15, -0.1) is 0 Å². The maximum absolute atomic E-state index is 10.9. The number of hydrogen-bond acceptors (Lipinski definition) is 4. The first-order valence-corrected chi connectivity index (χ1v) is 4.67. The summed E-state index contributed by atoms with van der Waals surface area (Å²) in [5.74, 6) is 1.43. The largest absolute Gasteiger partial charge is 0.460 e. The predicted molar refractivity (Wildman–Crippen MR) is 55.8 cm³/mol. The third-order valence-corrected chi connectivity index (χ3v) is 1.69. The van der Waals surface area contributed by atoms with Crippen LogP contribution in [0.1, 0.15) is 25.4 Å². The number of carbonyl (C=O) groups excluding carboxylic acids is 1. The average molecular weight is 210 g/mol. The smallest absolute Gasteiger partial charge is 0.427 e. The van der Waals surface area contributed by atoms with Crippen LogP contribution in [-0.2, 0) is 4.74 Å². The summed E-state index contributed by atoms with van der Waals surface area (Å²) in [7, 11) is 0. The summed E-state index contributed by atoms with van der Waals surface area (Å²) in [5, 5.41) is 3.82. The molecule has 0 saturated heterocycles. The van der Waals surface area contributed by atoms with Gasteiger partial charge < -0.3 is 9.15 Å². The van der Waals surface area contributed by atoms with Gasteiger partial charge in [0.2, 0.25) is 0 Å². The van der Waals surface area contributed by atoms with E-state index in [4.69, 9.17) is 4.42 Å². The highest BCUT2D eigenvalue weighted by Gasteiger charge is 2.03. The molecule has 0 aliphatic carbocycles. The van der Waals surface area contributed by atoms with Gasteiger partial charge in [0.1, 0.15) is 17.2 Å². The highest BCUT2D eigenvalue weighted by molar-refractivity contribution is 5.96. The van der Waals surface area contributed by atoms with Crippen molar-refractivity contribution in [2.24, 2.45) is 5.10 Å². The van der Waals surface area contributed by atoms with Gasteiger partial charge in [-0.3, -0.25) is 0 Å². The Morgan fingerprint density at radius 2 is 2.33 bits per heavy atom. The topological polar surface area (TPSA) is 63.8 Å². The molecule has 0 fully saturated rings. The van der Waals surface area contributed by atoms with Crippen molar-refractivity contribution in [1.29, 1.82) is 0 Å². The molecule has 5 heteroatoms. The van der Waals surface area contributed by atoms with E-state index >= 15 is 0 Å². The molecular weight excluding hydrogens is 196 g/mol. The van der Waals surface area contributed by atoms with Crippen molar-refractivity contribution in [2.75, 3.05) is 6.61 Å². The van der Waals surface area contributed by atoms with Crippen molar-refractivity contribution in [3.8, 4) is 0 Å². The summed E-state index contributed by atoms with van der Waals surface area (Å²) < 4.78 is 9.96. The minimum absolute atomic E-state index is 0.320. The second-order valence-electron chi connectivity index (χ2n) is 2.94. The monoisotopic (exact) mass is 210 g/mol. The number of rotatable bonds is 3. The van der Waals surface area contributed by atoms with E-state index in [1.54, 1.807) is 19.9 Å². The van der Waals surface area contributed by atoms with Crippen LogP contribution in [0.3, 0.4) is 0 Å². The van der Waals surface area contributed by atoms with Crippen molar-refractivity contribution >= 4 is 11.8 Å². The van der Waals surface area contributed by atoms with Crippen molar-refractivity contribution in [2.45, 2.75) is 20.8 Å². The SMILES string of the molecule is CCOC(=O)NN=C(C)c1ccc(C)o1. The van der Waals surface area contributed by atoms with Gasteiger partial charge in [0.05, 0.1) is 6.61 Å². The molecule has 5 nitrogen and oxygen atoms in total. The number of hydrogen-bond donors (Lipinski definition) is 1. The Balaban J connectivity index is 2.56. The van der Waals surface area contributed by atoms with E-state index in [0.717, 1.165) is 5.76 Å². The fraction of sp³-hybridized carbons (Fsp3) is 0.400. The summed E-state index contributed by atoms with van der Waals surface area (Å²) in [4.78, 5) is 10.9. The number of furan rings is 1. The molecule has 0 unspecified atom stereocenters. The molecule has 0 spiro atoms. The van der Waals surface area contributed by atoms with E-state index in [2.05, 4.69) is 15.3 Å². The lowest BCUT2D eigenvalue weighted by Gasteiger charge is -2.00. The Morgan fingerprint density at radius 1 is 1.60 bits per heavy atom. The van der Waals surface area contributed by atoms with E-state index in [1.165, 1.54) is 0 Å². The third-order valence-electron chi connectivity index (χ3n) is 1.69. The highest BCUT2D eigenvalue weighted by atomic mass is 16.5. The standard InChI is InChI=1S/C10H14N2O3/c1-4-14-10(13)12-11-8(3)9-6-5-7(2)15-9/h5-6H,4H2,1-3H3,(H,12,13). The fourth-order valence-electron chi connectivity index (χ4n) is 0.977. The van der Waals surface area contributed by atoms with Gasteiger partial charge >= 0.3 is 6.09 Å². The van der Waals surface area contributed by atoms with Gasteiger partial charge in [-0.1, -0.05) is 0 Å². The zero-order chi connectivity index (χ0) is 11.3. The molecule has 0 aliphatic heterocycles. The van der Waals surface area contributed by atoms with Crippen molar-refractivity contribution in [1.82, 2.24) is 5.43 Å². The molecule has 1 amide bonds. The van der Waals surface area contributed by atoms with Crippen LogP contribution < -0.4 is 5.43 Å². The Bertz CT molecular complexity index is 368. The summed E-state index contributed by atoms with van der Waals surface area (Å²) >= 11 is 0. The Hall–Kier alpha value is -1.78. The van der Waals surface area contributed by atoms with Crippen LogP contribution in [0.15, 0.2) is 21.7 Å². The van der Waals surface area contributed by atoms with E-state index < -0.39 is 6.09 Å². The molecular formula is C10H14N2O3. The van der Waals surface area contributed by atoms with E-state index in [1.807, 2.05) is 13.0 Å². The van der Waals surface area contributed by atoms with Gasteiger partial charge in [-0.25, -0.2) is 10.2 Å². The van der Waals surface area contributed by atoms with Gasteiger partial charge in [0.15, 0.2) is 0 Å². The van der Waals surface area contributed by atoms with Crippen LogP contribution in [0.2, 0.25) is 0 Å². The molecule has 0 aliphatic rings. The Morgan fingerprint density at radius 3 is 2.87 bits per heavy atom. The first-order chi connectivity index (χ1) is 7.13. The van der Waals surface area contributed by atoms with Gasteiger partial charge in [0.25, 0.3) is 0 Å². The molecule has 1 heterocycles. The van der Waals surface area contributed by atoms with Crippen molar-refractivity contribution in [3.63, 3.8) is 0 Å². The maximum Gasteiger partial charge on any atom is 0.427 e. The zero-order valence-corrected chi connectivity index (χ0v) is 9.03. The third kappa shape index (κ3) is 3.46. The summed E-state index contributed by atoms with van der Waals surface area (Å²) in [6, 6.07) is 3.62. The maximum atomic E-state index is 10.9. The van der Waals surface area contributed by atoms with Gasteiger partial charge in [0, 0.05) is 0 Å². The number of hydrazone groups is 1. The van der Waals surface area contributed by atoms with Crippen LogP contribution in [0, 0.1) is 6.92 Å². The lowest BCUT2D eigenvalue weighted by atomic mass is 10.3. The van der Waals surface area contributed by atoms with E-state index in [0.29, 0.717) is 18.1 Å². The predicted octanol–water partition coefficient (Wildman–Crippen LogP) is 2.06. The molecule has 1 rings (SSSR count). The molecule has 0 aromatic carbocycles. The number of nitrogens with zero attached hydrogens (tertiary/aromatic N) is 1. The molecule has 1 N–H and O–H groups in total. The second-order valence-corrected chi connectivity index (χ2v) is 2.94. The number of amides is 1. The molecule has 0 radical (unpaired) electrons. The lowest BCUT2D eigenvalue weighted by Crippen LogP contribution is -2.20. The van der Waals surface area contributed by atoms with Crippen molar-refractivity contribution in [3.05, 3.63) is 23.7 Å². The Labute approximate surface area is 88.1 Å². The van der Waals surface area contributed by atoms with Gasteiger partial charge in [-0.05, 0) is 32.9 Å². The average Bonchev–Trinajstić information content (AvgIpc) is 2.62. The van der Waals surface area contributed by atoms with E-state index in [9.17, 15) is 4.79 Å². The molecule has 1 aromatic heterocycles. The first kappa shape index (κ1) is 11.3. The molecule has 0 bridgehead atoms. The fourth-order valence-corrected chi connectivity index (χ4v) is 0.977. The number of aryl methyl sites for hydroxylation is 1. The number of carbonyl (C=O) groups is 1. The van der Waals surface area contributed by atoms with Crippen molar-refractivity contribution < 1.29 is 13.9 Å². The van der Waals surface area contributed by atoms with Crippen LogP contribution in [0.4, 0.5) is 4.79 Å². The quantitative estimate of drug-likeness (QED) is 0.613. The molecule has 0 atom stereocenters. The van der Waals surface area contributed by atoms with Crippen LogP contribution in [0.5, 0.6) is 0 Å². The van der Waals surface area contributed by atoms with Crippen LogP contribution >= 0.6 is 0 Å². The summed E-state index contributed by atoms with van der Waals surface area (Å²) in [6.07, 6.45) is -0.569. The van der Waals surface area contributed by atoms with E-state index in [-0.39, 0.29) is 0 Å². The van der Waals surface area contributed by atoms with Crippen LogP contribution in [-0.4, -0.2) is 18.4 Å². The normalized spacial score (nSPS) is 11.3.